The zero-order chi connectivity index (χ0) is 28.1. The van der Waals surface area contributed by atoms with Crippen molar-refractivity contribution in [2.45, 2.75) is 62.6 Å². The Hall–Kier alpha value is -1.56. The highest BCUT2D eigenvalue weighted by molar-refractivity contribution is 14.1. The quantitative estimate of drug-likeness (QED) is 0.167. The molecule has 0 spiro atoms. The van der Waals surface area contributed by atoms with Gasteiger partial charge in [0.1, 0.15) is 0 Å². The number of halogens is 1. The molecule has 3 aromatic carbocycles. The van der Waals surface area contributed by atoms with Gasteiger partial charge in [0.05, 0.1) is 17.6 Å². The molecule has 0 saturated carbocycles. The number of benzene rings is 3. The van der Waals surface area contributed by atoms with Crippen LogP contribution in [0.4, 0.5) is 0 Å². The standard InChI is InChI=1S/C31H40INO4SSi/c1-24-15-17-28(18-16-24)38(34,35)33-26(19-25-20-27(21-32)36-22-25)23-37-39(31(2,3)4,29-11-7-5-8-12-29)30-13-9-6-10-14-30/h5-18,25-27,33H,19-23H2,1-4H3/t25-,26-,27+/m0/s1. The van der Waals surface area contributed by atoms with Gasteiger partial charge in [-0.15, -0.1) is 0 Å². The molecule has 0 unspecified atom stereocenters. The molecule has 0 radical (unpaired) electrons. The second-order valence-corrected chi connectivity index (χ2v) is 18.5. The molecule has 1 N–H and O–H groups in total. The van der Waals surface area contributed by atoms with Gasteiger partial charge in [-0.05, 0) is 53.2 Å². The van der Waals surface area contributed by atoms with Crippen LogP contribution in [0.1, 0.15) is 39.2 Å². The fraction of sp³-hybridized carbons (Fsp3) is 0.419. The van der Waals surface area contributed by atoms with E-state index in [9.17, 15) is 8.42 Å². The van der Waals surface area contributed by atoms with Crippen molar-refractivity contribution in [3.05, 3.63) is 90.5 Å². The summed E-state index contributed by atoms with van der Waals surface area (Å²) in [5.74, 6) is 0.276. The van der Waals surface area contributed by atoms with Crippen LogP contribution in [0.2, 0.25) is 5.04 Å². The first kappa shape index (κ1) is 30.4. The first-order valence-corrected chi connectivity index (χ1v) is 18.5. The number of hydrogen-bond acceptors (Lipinski definition) is 4. The van der Waals surface area contributed by atoms with Gasteiger partial charge in [-0.1, -0.05) is 122 Å². The van der Waals surface area contributed by atoms with Gasteiger partial charge in [0.2, 0.25) is 10.0 Å². The Labute approximate surface area is 249 Å². The van der Waals surface area contributed by atoms with Crippen LogP contribution < -0.4 is 15.1 Å². The Morgan fingerprint density at radius 2 is 1.54 bits per heavy atom. The van der Waals surface area contributed by atoms with Crippen molar-refractivity contribution in [2.24, 2.45) is 5.92 Å². The summed E-state index contributed by atoms with van der Waals surface area (Å²) in [5, 5.41) is 2.16. The van der Waals surface area contributed by atoms with Gasteiger partial charge in [-0.25, -0.2) is 13.1 Å². The van der Waals surface area contributed by atoms with Crippen LogP contribution in [-0.2, 0) is 19.2 Å². The lowest BCUT2D eigenvalue weighted by Crippen LogP contribution is -2.67. The summed E-state index contributed by atoms with van der Waals surface area (Å²) in [4.78, 5) is 0.274. The van der Waals surface area contributed by atoms with Crippen molar-refractivity contribution in [3.63, 3.8) is 0 Å². The molecule has 1 heterocycles. The third-order valence-electron chi connectivity index (χ3n) is 7.52. The third-order valence-corrected chi connectivity index (χ3v) is 15.0. The molecule has 1 aliphatic heterocycles. The van der Waals surface area contributed by atoms with Crippen molar-refractivity contribution < 1.29 is 17.6 Å². The SMILES string of the molecule is Cc1ccc(S(=O)(=O)N[C@H](CO[Si](c2ccccc2)(c2ccccc2)C(C)(C)C)C[C@@H]2CO[C@@H](CI)C2)cc1. The van der Waals surface area contributed by atoms with Crippen molar-refractivity contribution in [1.82, 2.24) is 4.72 Å². The molecule has 0 aromatic heterocycles. The van der Waals surface area contributed by atoms with E-state index in [4.69, 9.17) is 9.16 Å². The summed E-state index contributed by atoms with van der Waals surface area (Å²) < 4.78 is 44.1. The minimum absolute atomic E-state index is 0.196. The van der Waals surface area contributed by atoms with Crippen molar-refractivity contribution in [3.8, 4) is 0 Å². The van der Waals surface area contributed by atoms with Gasteiger partial charge in [-0.3, -0.25) is 0 Å². The molecule has 1 aliphatic rings. The van der Waals surface area contributed by atoms with E-state index in [-0.39, 0.29) is 34.6 Å². The third kappa shape index (κ3) is 7.21. The van der Waals surface area contributed by atoms with E-state index in [1.54, 1.807) is 12.1 Å². The smallest absolute Gasteiger partial charge is 0.261 e. The van der Waals surface area contributed by atoms with Gasteiger partial charge in [0.15, 0.2) is 0 Å². The normalized spacial score (nSPS) is 19.2. The van der Waals surface area contributed by atoms with E-state index in [2.05, 4.69) is 96.6 Å². The van der Waals surface area contributed by atoms with Gasteiger partial charge in [-0.2, -0.15) is 0 Å². The molecule has 0 bridgehead atoms. The Morgan fingerprint density at radius 1 is 0.974 bits per heavy atom. The minimum Gasteiger partial charge on any atom is -0.406 e. The van der Waals surface area contributed by atoms with Gasteiger partial charge in [0.25, 0.3) is 8.32 Å². The van der Waals surface area contributed by atoms with Crippen molar-refractivity contribution in [1.29, 1.82) is 0 Å². The first-order valence-electron chi connectivity index (χ1n) is 13.6. The number of ether oxygens (including phenoxy) is 1. The van der Waals surface area contributed by atoms with Crippen LogP contribution >= 0.6 is 22.6 Å². The molecule has 39 heavy (non-hydrogen) atoms. The lowest BCUT2D eigenvalue weighted by molar-refractivity contribution is 0.122. The predicted molar refractivity (Wildman–Crippen MR) is 170 cm³/mol. The topological polar surface area (TPSA) is 64.6 Å². The molecule has 1 fully saturated rings. The second-order valence-electron chi connectivity index (χ2n) is 11.6. The summed E-state index contributed by atoms with van der Waals surface area (Å²) in [6.07, 6.45) is 1.82. The largest absolute Gasteiger partial charge is 0.406 e. The average Bonchev–Trinajstić information content (AvgIpc) is 3.37. The number of rotatable bonds is 11. The number of hydrogen-bond donors (Lipinski definition) is 1. The Morgan fingerprint density at radius 3 is 2.03 bits per heavy atom. The maximum absolute atomic E-state index is 13.5. The summed E-state index contributed by atoms with van der Waals surface area (Å²) in [5.41, 5.74) is 1.02. The van der Waals surface area contributed by atoms with Crippen LogP contribution in [0.25, 0.3) is 0 Å². The summed E-state index contributed by atoms with van der Waals surface area (Å²) in [6.45, 7) is 9.59. The number of nitrogens with one attached hydrogen (secondary N) is 1. The Kier molecular flexibility index (Phi) is 10.1. The molecular weight excluding hydrogens is 637 g/mol. The van der Waals surface area contributed by atoms with E-state index in [0.717, 1.165) is 16.4 Å². The zero-order valence-electron chi connectivity index (χ0n) is 23.3. The zero-order valence-corrected chi connectivity index (χ0v) is 27.2. The average molecular weight is 678 g/mol. The monoisotopic (exact) mass is 677 g/mol. The molecule has 3 aromatic rings. The number of sulfonamides is 1. The molecular formula is C31H40INO4SSi. The van der Waals surface area contributed by atoms with E-state index < -0.39 is 18.3 Å². The Balaban J connectivity index is 1.69. The highest BCUT2D eigenvalue weighted by Gasteiger charge is 2.50. The fourth-order valence-corrected chi connectivity index (χ4v) is 12.1. The molecule has 0 amide bonds. The lowest BCUT2D eigenvalue weighted by Gasteiger charge is -2.43. The van der Waals surface area contributed by atoms with Crippen LogP contribution in [0.5, 0.6) is 0 Å². The van der Waals surface area contributed by atoms with E-state index in [1.165, 1.54) is 10.4 Å². The summed E-state index contributed by atoms with van der Waals surface area (Å²) in [6, 6.07) is 27.5. The first-order chi connectivity index (χ1) is 18.5. The van der Waals surface area contributed by atoms with E-state index in [1.807, 2.05) is 31.2 Å². The lowest BCUT2D eigenvalue weighted by atomic mass is 9.98. The molecule has 5 nitrogen and oxygen atoms in total. The highest BCUT2D eigenvalue weighted by atomic mass is 127. The molecule has 0 aliphatic carbocycles. The minimum atomic E-state index is -3.73. The van der Waals surface area contributed by atoms with Crippen molar-refractivity contribution in [2.75, 3.05) is 17.6 Å². The van der Waals surface area contributed by atoms with Crippen LogP contribution in [0, 0.1) is 12.8 Å². The molecule has 8 heteroatoms. The van der Waals surface area contributed by atoms with Gasteiger partial charge >= 0.3 is 0 Å². The second kappa shape index (κ2) is 13.0. The predicted octanol–water partition coefficient (Wildman–Crippen LogP) is 5.45. The fourth-order valence-electron chi connectivity index (χ4n) is 5.60. The maximum Gasteiger partial charge on any atom is 0.261 e. The van der Waals surface area contributed by atoms with Crippen LogP contribution in [-0.4, -0.2) is 46.5 Å². The molecule has 210 valence electrons. The number of aryl methyl sites for hydroxylation is 1. The van der Waals surface area contributed by atoms with Gasteiger partial charge < -0.3 is 9.16 Å². The Bertz CT molecular complexity index is 1260. The van der Waals surface area contributed by atoms with Gasteiger partial charge in [0, 0.05) is 17.1 Å². The number of alkyl halides is 1. The van der Waals surface area contributed by atoms with Crippen LogP contribution in [0.3, 0.4) is 0 Å². The van der Waals surface area contributed by atoms with Crippen LogP contribution in [0.15, 0.2) is 89.8 Å². The molecule has 3 atom stereocenters. The van der Waals surface area contributed by atoms with E-state index in [0.29, 0.717) is 13.0 Å². The van der Waals surface area contributed by atoms with E-state index >= 15 is 0 Å². The molecule has 1 saturated heterocycles. The van der Waals surface area contributed by atoms with Crippen molar-refractivity contribution >= 4 is 51.3 Å². The summed E-state index contributed by atoms with van der Waals surface area (Å²) in [7, 11) is -6.54. The molecule has 4 rings (SSSR count). The summed E-state index contributed by atoms with van der Waals surface area (Å²) >= 11 is 2.36. The maximum atomic E-state index is 13.5. The highest BCUT2D eigenvalue weighted by Crippen LogP contribution is 2.37.